The van der Waals surface area contributed by atoms with Gasteiger partial charge in [0, 0.05) is 13.2 Å². The zero-order chi connectivity index (χ0) is 9.95. The van der Waals surface area contributed by atoms with Gasteiger partial charge in [0.1, 0.15) is 0 Å². The van der Waals surface area contributed by atoms with Crippen LogP contribution in [0.25, 0.3) is 0 Å². The molecule has 0 atom stereocenters. The largest absolute Gasteiger partial charge is 0.381 e. The molecule has 0 aromatic rings. The standard InChI is InChI=1S/C7H15NO4S/c1-7(2-4-11-5-3-7)6-12-13(8,9)10/h2-6H2,1H3,(H2,8,9,10). The molecule has 78 valence electrons. The molecule has 0 saturated carbocycles. The SMILES string of the molecule is CC1(COS(N)(=O)=O)CCOCC1. The Balaban J connectivity index is 2.42. The minimum absolute atomic E-state index is 0.120. The molecule has 1 rings (SSSR count). The Hall–Kier alpha value is -0.170. The summed E-state index contributed by atoms with van der Waals surface area (Å²) in [4.78, 5) is 0. The molecule has 0 aliphatic carbocycles. The van der Waals surface area contributed by atoms with E-state index in [1.807, 2.05) is 6.92 Å². The topological polar surface area (TPSA) is 78.6 Å². The first-order valence-electron chi connectivity index (χ1n) is 4.16. The summed E-state index contributed by atoms with van der Waals surface area (Å²) in [7, 11) is -3.80. The van der Waals surface area contributed by atoms with Crippen LogP contribution >= 0.6 is 0 Å². The quantitative estimate of drug-likeness (QED) is 0.711. The van der Waals surface area contributed by atoms with Crippen molar-refractivity contribution < 1.29 is 17.3 Å². The van der Waals surface area contributed by atoms with Gasteiger partial charge in [0.2, 0.25) is 0 Å². The summed E-state index contributed by atoms with van der Waals surface area (Å²) in [5.41, 5.74) is -0.120. The first-order valence-corrected chi connectivity index (χ1v) is 5.63. The van der Waals surface area contributed by atoms with Gasteiger partial charge in [-0.15, -0.1) is 0 Å². The molecule has 2 N–H and O–H groups in total. The maximum absolute atomic E-state index is 10.5. The van der Waals surface area contributed by atoms with Crippen LogP contribution in [0, 0.1) is 5.41 Å². The molecule has 0 spiro atoms. The van der Waals surface area contributed by atoms with E-state index in [9.17, 15) is 8.42 Å². The first kappa shape index (κ1) is 10.9. The van der Waals surface area contributed by atoms with Gasteiger partial charge in [-0.2, -0.15) is 8.42 Å². The van der Waals surface area contributed by atoms with Crippen LogP contribution in [0.2, 0.25) is 0 Å². The lowest BCUT2D eigenvalue weighted by molar-refractivity contribution is 0.00151. The van der Waals surface area contributed by atoms with Crippen molar-refractivity contribution in [1.29, 1.82) is 0 Å². The normalized spacial score (nSPS) is 22.9. The maximum atomic E-state index is 10.5. The van der Waals surface area contributed by atoms with Crippen molar-refractivity contribution in [2.75, 3.05) is 19.8 Å². The summed E-state index contributed by atoms with van der Waals surface area (Å²) in [6, 6.07) is 0. The van der Waals surface area contributed by atoms with Gasteiger partial charge in [-0.3, -0.25) is 4.18 Å². The third-order valence-electron chi connectivity index (χ3n) is 2.27. The smallest absolute Gasteiger partial charge is 0.333 e. The average molecular weight is 209 g/mol. The Morgan fingerprint density at radius 1 is 1.46 bits per heavy atom. The van der Waals surface area contributed by atoms with E-state index in [0.717, 1.165) is 12.8 Å². The second kappa shape index (κ2) is 3.91. The molecule has 1 aliphatic rings. The number of rotatable bonds is 3. The summed E-state index contributed by atoms with van der Waals surface area (Å²) < 4.78 is 30.8. The molecule has 6 heteroatoms. The summed E-state index contributed by atoms with van der Waals surface area (Å²) in [5, 5.41) is 4.73. The molecule has 0 amide bonds. The Bertz CT molecular complexity index is 256. The Morgan fingerprint density at radius 2 is 2.00 bits per heavy atom. The van der Waals surface area contributed by atoms with Gasteiger partial charge in [0.15, 0.2) is 0 Å². The van der Waals surface area contributed by atoms with E-state index in [-0.39, 0.29) is 12.0 Å². The molecular formula is C7H15NO4S. The highest BCUT2D eigenvalue weighted by molar-refractivity contribution is 7.84. The van der Waals surface area contributed by atoms with Gasteiger partial charge in [0.05, 0.1) is 6.61 Å². The zero-order valence-corrected chi connectivity index (χ0v) is 8.47. The minimum Gasteiger partial charge on any atom is -0.381 e. The van der Waals surface area contributed by atoms with Crippen LogP contribution in [0.5, 0.6) is 0 Å². The lowest BCUT2D eigenvalue weighted by Gasteiger charge is -2.32. The Kier molecular flexibility index (Phi) is 3.28. The van der Waals surface area contributed by atoms with E-state index < -0.39 is 10.3 Å². The van der Waals surface area contributed by atoms with Gasteiger partial charge < -0.3 is 4.74 Å². The predicted octanol–water partition coefficient (Wildman–Crippen LogP) is 0.0232. The fourth-order valence-corrected chi connectivity index (χ4v) is 1.68. The summed E-state index contributed by atoms with van der Waals surface area (Å²) >= 11 is 0. The maximum Gasteiger partial charge on any atom is 0.333 e. The third-order valence-corrected chi connectivity index (χ3v) is 2.72. The fraction of sp³-hybridized carbons (Fsp3) is 1.00. The number of nitrogens with two attached hydrogens (primary N) is 1. The highest BCUT2D eigenvalue weighted by Crippen LogP contribution is 2.29. The number of hydrogen-bond acceptors (Lipinski definition) is 4. The van der Waals surface area contributed by atoms with Crippen LogP contribution in [0.1, 0.15) is 19.8 Å². The average Bonchev–Trinajstić information content (AvgIpc) is 2.02. The molecule has 0 bridgehead atoms. The van der Waals surface area contributed by atoms with E-state index in [1.165, 1.54) is 0 Å². The number of hydrogen-bond donors (Lipinski definition) is 1. The van der Waals surface area contributed by atoms with Crippen LogP contribution in [-0.2, 0) is 19.2 Å². The molecule has 0 aromatic heterocycles. The lowest BCUT2D eigenvalue weighted by atomic mass is 9.84. The van der Waals surface area contributed by atoms with E-state index in [1.54, 1.807) is 0 Å². The molecular weight excluding hydrogens is 194 g/mol. The number of ether oxygens (including phenoxy) is 1. The monoisotopic (exact) mass is 209 g/mol. The van der Waals surface area contributed by atoms with E-state index in [0.29, 0.717) is 13.2 Å². The van der Waals surface area contributed by atoms with Gasteiger partial charge in [0.25, 0.3) is 0 Å². The minimum atomic E-state index is -3.80. The summed E-state index contributed by atoms with van der Waals surface area (Å²) in [6.45, 7) is 3.44. The molecule has 5 nitrogen and oxygen atoms in total. The van der Waals surface area contributed by atoms with Crippen molar-refractivity contribution in [2.45, 2.75) is 19.8 Å². The Morgan fingerprint density at radius 3 is 2.46 bits per heavy atom. The first-order chi connectivity index (χ1) is 5.91. The molecule has 1 heterocycles. The van der Waals surface area contributed by atoms with E-state index in [4.69, 9.17) is 9.88 Å². The second-order valence-corrected chi connectivity index (χ2v) is 4.90. The van der Waals surface area contributed by atoms with E-state index >= 15 is 0 Å². The molecule has 0 aromatic carbocycles. The molecule has 0 radical (unpaired) electrons. The fourth-order valence-electron chi connectivity index (χ4n) is 1.23. The highest BCUT2D eigenvalue weighted by Gasteiger charge is 2.29. The summed E-state index contributed by atoms with van der Waals surface area (Å²) in [5.74, 6) is 0. The molecule has 0 unspecified atom stereocenters. The van der Waals surface area contributed by atoms with Gasteiger partial charge >= 0.3 is 10.3 Å². The van der Waals surface area contributed by atoms with Gasteiger partial charge in [-0.05, 0) is 18.3 Å². The summed E-state index contributed by atoms with van der Waals surface area (Å²) in [6.07, 6.45) is 1.62. The zero-order valence-electron chi connectivity index (χ0n) is 7.65. The predicted molar refractivity (Wildman–Crippen MR) is 47.2 cm³/mol. The van der Waals surface area contributed by atoms with Crippen LogP contribution in [0.3, 0.4) is 0 Å². The molecule has 1 aliphatic heterocycles. The van der Waals surface area contributed by atoms with E-state index in [2.05, 4.69) is 4.18 Å². The van der Waals surface area contributed by atoms with Gasteiger partial charge in [-0.25, -0.2) is 5.14 Å². The molecule has 1 fully saturated rings. The van der Waals surface area contributed by atoms with Crippen molar-refractivity contribution in [3.8, 4) is 0 Å². The van der Waals surface area contributed by atoms with Crippen molar-refractivity contribution in [3.63, 3.8) is 0 Å². The third kappa shape index (κ3) is 4.04. The van der Waals surface area contributed by atoms with Crippen molar-refractivity contribution >= 4 is 10.3 Å². The van der Waals surface area contributed by atoms with Crippen LogP contribution in [0.15, 0.2) is 0 Å². The molecule has 1 saturated heterocycles. The Labute approximate surface area is 78.5 Å². The van der Waals surface area contributed by atoms with Crippen LogP contribution in [-0.4, -0.2) is 28.2 Å². The highest BCUT2D eigenvalue weighted by atomic mass is 32.2. The van der Waals surface area contributed by atoms with Crippen molar-refractivity contribution in [1.82, 2.24) is 0 Å². The lowest BCUT2D eigenvalue weighted by Crippen LogP contribution is -2.33. The van der Waals surface area contributed by atoms with Gasteiger partial charge in [-0.1, -0.05) is 6.92 Å². The molecule has 13 heavy (non-hydrogen) atoms. The van der Waals surface area contributed by atoms with Crippen molar-refractivity contribution in [2.24, 2.45) is 10.6 Å². The van der Waals surface area contributed by atoms with Crippen LogP contribution in [0.4, 0.5) is 0 Å². The van der Waals surface area contributed by atoms with Crippen molar-refractivity contribution in [3.05, 3.63) is 0 Å². The second-order valence-electron chi connectivity index (χ2n) is 3.68. The van der Waals surface area contributed by atoms with Crippen LogP contribution < -0.4 is 5.14 Å².